The van der Waals surface area contributed by atoms with Crippen molar-refractivity contribution in [1.82, 2.24) is 4.98 Å². The van der Waals surface area contributed by atoms with Crippen molar-refractivity contribution in [2.75, 3.05) is 11.9 Å². The first-order valence-electron chi connectivity index (χ1n) is 13.8. The van der Waals surface area contributed by atoms with Crippen molar-refractivity contribution < 1.29 is 34.4 Å². The van der Waals surface area contributed by atoms with Crippen LogP contribution in [0.2, 0.25) is 0 Å². The Morgan fingerprint density at radius 3 is 2.11 bits per heavy atom. The van der Waals surface area contributed by atoms with Gasteiger partial charge in [-0.25, -0.2) is 0 Å². The summed E-state index contributed by atoms with van der Waals surface area (Å²) in [5.41, 5.74) is 5.30. The number of aliphatic hydroxyl groups is 2. The fourth-order valence-corrected chi connectivity index (χ4v) is 6.44. The summed E-state index contributed by atoms with van der Waals surface area (Å²) in [6, 6.07) is 16.6. The molecule has 2 atom stereocenters. The van der Waals surface area contributed by atoms with Gasteiger partial charge in [-0.1, -0.05) is 41.5 Å². The van der Waals surface area contributed by atoms with Crippen LogP contribution < -0.4 is 13.8 Å². The van der Waals surface area contributed by atoms with Gasteiger partial charge in [0.15, 0.2) is 0 Å². The topological polar surface area (TPSA) is 56.6 Å². The zero-order valence-corrected chi connectivity index (χ0v) is 27.1. The number of benzene rings is 2. The number of hydrogen-bond donors (Lipinski definition) is 2. The number of fused-ring (bicyclic) bond motifs is 2. The minimum atomic E-state index is -2.26. The number of aliphatic hydroxyl groups excluding tert-OH is 2. The molecule has 0 amide bonds. The van der Waals surface area contributed by atoms with Gasteiger partial charge in [0.1, 0.15) is 0 Å². The molecule has 0 fully saturated rings. The molecule has 0 bridgehead atoms. The molecule has 1 aliphatic rings. The fraction of sp³-hybridized carbons (Fsp3) is 0.452. The number of anilines is 2. The summed E-state index contributed by atoms with van der Waals surface area (Å²) in [4.78, 5) is 5.96. The van der Waals surface area contributed by atoms with E-state index in [1.54, 1.807) is 12.3 Å². The third-order valence-corrected chi connectivity index (χ3v) is 9.44. The second kappa shape index (κ2) is 12.6. The second-order valence-corrected chi connectivity index (χ2v) is 13.7. The van der Waals surface area contributed by atoms with Crippen molar-refractivity contribution in [3.8, 4) is 11.3 Å². The number of nitrogens with zero attached hydrogens (tertiary/aromatic N) is 2. The van der Waals surface area contributed by atoms with Gasteiger partial charge in [-0.2, -0.15) is 0 Å². The maximum atomic E-state index is 9.76. The van der Waals surface area contributed by atoms with E-state index in [4.69, 9.17) is 4.11 Å². The van der Waals surface area contributed by atoms with Crippen LogP contribution in [0.1, 0.15) is 63.2 Å². The standard InChI is InChI=1S/C20H17N2Se.C11H24O2.Ir/c1-13-10-11-18-19(14(13)2)23-20-15(16-8-4-5-12-21-16)7-6-9-17(20)22(18)3;1-10(2,3)8(12)7-9(13)11(4,5)6;/h4-6,8-12H,1-3H3;8-9,12-13H,7H2,1-6H3;/q-1;;/i3D3;;. The second-order valence-electron chi connectivity index (χ2n) is 11.6. The minimum Gasteiger partial charge on any atom is 0 e. The summed E-state index contributed by atoms with van der Waals surface area (Å²) in [5.74, 6) is 0. The van der Waals surface area contributed by atoms with Gasteiger partial charge in [0.05, 0.1) is 12.2 Å². The van der Waals surface area contributed by atoms with Gasteiger partial charge in [-0.05, 0) is 10.8 Å². The molecular formula is C31H41IrN2O2Se-. The van der Waals surface area contributed by atoms with Crippen molar-refractivity contribution in [1.29, 1.82) is 0 Å². The molecule has 0 saturated carbocycles. The van der Waals surface area contributed by atoms with Crippen molar-refractivity contribution in [3.63, 3.8) is 0 Å². The molecule has 0 saturated heterocycles. The van der Waals surface area contributed by atoms with E-state index in [1.807, 2.05) is 77.9 Å². The number of pyridine rings is 1. The number of rotatable bonds is 3. The van der Waals surface area contributed by atoms with E-state index >= 15 is 0 Å². The van der Waals surface area contributed by atoms with Crippen LogP contribution in [0.3, 0.4) is 0 Å². The van der Waals surface area contributed by atoms with E-state index in [0.29, 0.717) is 6.42 Å². The molecule has 2 N–H and O–H groups in total. The maximum absolute atomic E-state index is 9.76. The molecular weight excluding hydrogens is 704 g/mol. The van der Waals surface area contributed by atoms with Gasteiger partial charge in [0, 0.05) is 26.5 Å². The molecule has 37 heavy (non-hydrogen) atoms. The van der Waals surface area contributed by atoms with Crippen molar-refractivity contribution >= 4 is 35.3 Å². The van der Waals surface area contributed by atoms with Gasteiger partial charge in [-0.3, -0.25) is 0 Å². The Balaban J connectivity index is 0.000000344. The van der Waals surface area contributed by atoms with Crippen LogP contribution >= 0.6 is 0 Å². The summed E-state index contributed by atoms with van der Waals surface area (Å²) in [6.45, 7) is 13.8. The van der Waals surface area contributed by atoms with Gasteiger partial charge in [0.2, 0.25) is 0 Å². The number of hydrogen-bond acceptors (Lipinski definition) is 4. The minimum absolute atomic E-state index is 0. The quantitative estimate of drug-likeness (QED) is 0.290. The predicted octanol–water partition coefficient (Wildman–Crippen LogP) is 5.09. The Labute approximate surface area is 247 Å². The van der Waals surface area contributed by atoms with E-state index < -0.39 is 19.2 Å². The molecule has 1 aliphatic heterocycles. The molecule has 203 valence electrons. The van der Waals surface area contributed by atoms with Crippen molar-refractivity contribution in [2.45, 2.75) is 74.0 Å². The molecule has 3 aromatic rings. The summed E-state index contributed by atoms with van der Waals surface area (Å²) in [6.07, 6.45) is 1.32. The van der Waals surface area contributed by atoms with Crippen LogP contribution in [0.15, 0.2) is 48.7 Å². The van der Waals surface area contributed by atoms with Gasteiger partial charge in [-0.15, -0.1) is 0 Å². The molecule has 2 heterocycles. The Kier molecular flexibility index (Phi) is 9.18. The summed E-state index contributed by atoms with van der Waals surface area (Å²) in [5, 5.41) is 19.5. The normalized spacial score (nSPS) is 15.9. The summed E-state index contributed by atoms with van der Waals surface area (Å²) >= 11 is -0.0207. The van der Waals surface area contributed by atoms with E-state index in [-0.39, 0.29) is 45.9 Å². The molecule has 4 nitrogen and oxygen atoms in total. The molecule has 2 unspecified atom stereocenters. The molecule has 4 rings (SSSR count). The third kappa shape index (κ3) is 7.53. The maximum Gasteiger partial charge on any atom is 0 e. The third-order valence-electron chi connectivity index (χ3n) is 6.64. The largest absolute Gasteiger partial charge is 0 e. The Hall–Kier alpha value is -1.52. The molecule has 6 heteroatoms. The van der Waals surface area contributed by atoms with Crippen LogP contribution in [0.5, 0.6) is 0 Å². The van der Waals surface area contributed by atoms with E-state index in [9.17, 15) is 10.2 Å². The monoisotopic (exact) mass is 749 g/mol. The Morgan fingerprint density at radius 1 is 0.946 bits per heavy atom. The van der Waals surface area contributed by atoms with Crippen LogP contribution in [-0.4, -0.2) is 49.3 Å². The predicted molar refractivity (Wildman–Crippen MR) is 153 cm³/mol. The SMILES string of the molecule is CC(C)(C)C(O)CC(O)C(C)(C)C.[2H]C([2H])([2H])N1c2cc[c-]c(-c3ccccn3)c2[Se]c2c1ccc(C)c2C.[Ir]. The van der Waals surface area contributed by atoms with Gasteiger partial charge >= 0.3 is 147 Å². The molecule has 1 aromatic heterocycles. The van der Waals surface area contributed by atoms with Crippen molar-refractivity contribution in [3.05, 3.63) is 65.9 Å². The fourth-order valence-electron chi connectivity index (χ4n) is 3.68. The molecule has 0 aliphatic carbocycles. The average molecular weight is 748 g/mol. The Morgan fingerprint density at radius 2 is 1.57 bits per heavy atom. The van der Waals surface area contributed by atoms with E-state index in [1.165, 1.54) is 16.0 Å². The molecule has 0 spiro atoms. The molecule has 2 aromatic carbocycles. The summed E-state index contributed by atoms with van der Waals surface area (Å²) in [7, 11) is 0. The zero-order valence-electron chi connectivity index (χ0n) is 26.0. The van der Waals surface area contributed by atoms with Crippen LogP contribution in [-0.2, 0) is 20.1 Å². The first kappa shape index (κ1) is 27.1. The zero-order chi connectivity index (χ0) is 29.3. The van der Waals surface area contributed by atoms with Crippen LogP contribution in [0, 0.1) is 30.7 Å². The van der Waals surface area contributed by atoms with Gasteiger partial charge < -0.3 is 10.2 Å². The van der Waals surface area contributed by atoms with Crippen molar-refractivity contribution in [2.24, 2.45) is 10.8 Å². The van der Waals surface area contributed by atoms with Crippen LogP contribution in [0.25, 0.3) is 11.3 Å². The van der Waals surface area contributed by atoms with E-state index in [2.05, 4.69) is 24.9 Å². The first-order chi connectivity index (χ1) is 17.9. The molecule has 1 radical (unpaired) electrons. The average Bonchev–Trinajstić information content (AvgIpc) is 2.84. The van der Waals surface area contributed by atoms with Crippen LogP contribution in [0.4, 0.5) is 11.4 Å². The Bertz CT molecular complexity index is 1270. The number of aromatic nitrogens is 1. The van der Waals surface area contributed by atoms with E-state index in [0.717, 1.165) is 31.6 Å². The van der Waals surface area contributed by atoms with Gasteiger partial charge in [0.25, 0.3) is 0 Å². The summed E-state index contributed by atoms with van der Waals surface area (Å²) < 4.78 is 26.5. The smallest absolute Gasteiger partial charge is 0 e. The first-order valence-corrected chi connectivity index (χ1v) is 14.0. The number of aryl methyl sites for hydroxylation is 1.